The molecule has 0 unspecified atom stereocenters. The van der Waals surface area contributed by atoms with Gasteiger partial charge in [-0.25, -0.2) is 0 Å². The first kappa shape index (κ1) is 10.8. The lowest BCUT2D eigenvalue weighted by molar-refractivity contribution is 0.234. The number of hydrogen-bond donors (Lipinski definition) is 0. The van der Waals surface area contributed by atoms with E-state index >= 15 is 0 Å². The van der Waals surface area contributed by atoms with E-state index in [0.29, 0.717) is 6.04 Å². The third-order valence-electron chi connectivity index (χ3n) is 3.15. The maximum atomic E-state index is 5.88. The molecular formula is C12H17ClN2. The second-order valence-corrected chi connectivity index (χ2v) is 4.69. The van der Waals surface area contributed by atoms with Crippen LogP contribution >= 0.6 is 11.6 Å². The highest BCUT2D eigenvalue weighted by atomic mass is 35.5. The molecule has 0 aromatic heterocycles. The largest absolute Gasteiger partial charge is 0.369 e. The van der Waals surface area contributed by atoms with E-state index in [-0.39, 0.29) is 0 Å². The Morgan fingerprint density at radius 2 is 1.87 bits per heavy atom. The number of anilines is 1. The topological polar surface area (TPSA) is 6.48 Å². The number of nitrogens with zero attached hydrogens (tertiary/aromatic N) is 2. The van der Waals surface area contributed by atoms with Gasteiger partial charge in [-0.05, 0) is 38.2 Å². The van der Waals surface area contributed by atoms with Crippen LogP contribution in [-0.2, 0) is 0 Å². The highest BCUT2D eigenvalue weighted by Gasteiger charge is 2.20. The fourth-order valence-corrected chi connectivity index (χ4v) is 2.06. The van der Waals surface area contributed by atoms with Gasteiger partial charge in [0.1, 0.15) is 0 Å². The highest BCUT2D eigenvalue weighted by molar-refractivity contribution is 6.30. The summed E-state index contributed by atoms with van der Waals surface area (Å²) in [6, 6.07) is 8.73. The van der Waals surface area contributed by atoms with Crippen LogP contribution in [0.25, 0.3) is 0 Å². The summed E-state index contributed by atoms with van der Waals surface area (Å²) in [4.78, 5) is 4.81. The Morgan fingerprint density at radius 3 is 2.47 bits per heavy atom. The number of piperazine rings is 1. The van der Waals surface area contributed by atoms with Crippen molar-refractivity contribution in [2.75, 3.05) is 31.6 Å². The van der Waals surface area contributed by atoms with Gasteiger partial charge in [-0.3, -0.25) is 0 Å². The lowest BCUT2D eigenvalue weighted by atomic mass is 10.2. The molecule has 0 aliphatic carbocycles. The van der Waals surface area contributed by atoms with Gasteiger partial charge in [0.2, 0.25) is 0 Å². The SMILES string of the molecule is C[C@@H]1CN(c2ccc(Cl)cc2)CCN1C. The van der Waals surface area contributed by atoms with Gasteiger partial charge in [0.25, 0.3) is 0 Å². The number of benzene rings is 1. The standard InChI is InChI=1S/C12H17ClN2/c1-10-9-15(8-7-14(10)2)12-5-3-11(13)4-6-12/h3-6,10H,7-9H2,1-2H3/t10-/m1/s1. The molecule has 3 heteroatoms. The summed E-state index contributed by atoms with van der Waals surface area (Å²) in [5.41, 5.74) is 1.28. The minimum atomic E-state index is 0.620. The van der Waals surface area contributed by atoms with Gasteiger partial charge in [0.15, 0.2) is 0 Å². The minimum absolute atomic E-state index is 0.620. The summed E-state index contributed by atoms with van der Waals surface area (Å²) in [7, 11) is 2.18. The molecule has 2 nitrogen and oxygen atoms in total. The molecule has 1 aliphatic heterocycles. The van der Waals surface area contributed by atoms with Crippen molar-refractivity contribution in [3.05, 3.63) is 29.3 Å². The van der Waals surface area contributed by atoms with Crippen LogP contribution in [0, 0.1) is 0 Å². The minimum Gasteiger partial charge on any atom is -0.369 e. The lowest BCUT2D eigenvalue weighted by Crippen LogP contribution is -2.50. The van der Waals surface area contributed by atoms with E-state index < -0.39 is 0 Å². The molecule has 0 N–H and O–H groups in total. The van der Waals surface area contributed by atoms with Gasteiger partial charge < -0.3 is 9.80 Å². The highest BCUT2D eigenvalue weighted by Crippen LogP contribution is 2.20. The van der Waals surface area contributed by atoms with E-state index in [2.05, 4.69) is 35.9 Å². The van der Waals surface area contributed by atoms with Crippen LogP contribution in [0.5, 0.6) is 0 Å². The van der Waals surface area contributed by atoms with Gasteiger partial charge in [-0.2, -0.15) is 0 Å². The lowest BCUT2D eigenvalue weighted by Gasteiger charge is -2.39. The third kappa shape index (κ3) is 2.44. The molecule has 0 radical (unpaired) electrons. The summed E-state index contributed by atoms with van der Waals surface area (Å²) in [5.74, 6) is 0. The third-order valence-corrected chi connectivity index (χ3v) is 3.40. The second kappa shape index (κ2) is 4.42. The number of rotatable bonds is 1. The smallest absolute Gasteiger partial charge is 0.0407 e. The van der Waals surface area contributed by atoms with E-state index in [1.54, 1.807) is 0 Å². The van der Waals surface area contributed by atoms with Crippen molar-refractivity contribution in [2.45, 2.75) is 13.0 Å². The van der Waals surface area contributed by atoms with Crippen LogP contribution in [0.2, 0.25) is 5.02 Å². The molecule has 15 heavy (non-hydrogen) atoms. The normalized spacial score (nSPS) is 23.1. The average Bonchev–Trinajstić information content (AvgIpc) is 2.23. The Labute approximate surface area is 96.4 Å². The molecule has 1 aliphatic rings. The van der Waals surface area contributed by atoms with Crippen molar-refractivity contribution in [1.29, 1.82) is 0 Å². The first-order valence-electron chi connectivity index (χ1n) is 5.37. The van der Waals surface area contributed by atoms with Gasteiger partial charge in [-0.1, -0.05) is 11.6 Å². The van der Waals surface area contributed by atoms with Gasteiger partial charge in [0, 0.05) is 36.4 Å². The Bertz CT molecular complexity index is 323. The van der Waals surface area contributed by atoms with Crippen molar-refractivity contribution in [1.82, 2.24) is 4.90 Å². The van der Waals surface area contributed by atoms with E-state index in [9.17, 15) is 0 Å². The van der Waals surface area contributed by atoms with Gasteiger partial charge in [-0.15, -0.1) is 0 Å². The van der Waals surface area contributed by atoms with Crippen LogP contribution < -0.4 is 4.90 Å². The first-order chi connectivity index (χ1) is 7.16. The molecule has 0 saturated carbocycles. The fraction of sp³-hybridized carbons (Fsp3) is 0.500. The summed E-state index contributed by atoms with van der Waals surface area (Å²) in [6.07, 6.45) is 0. The van der Waals surface area contributed by atoms with E-state index in [0.717, 1.165) is 24.7 Å². The van der Waals surface area contributed by atoms with Crippen molar-refractivity contribution in [3.8, 4) is 0 Å². The van der Waals surface area contributed by atoms with Crippen LogP contribution in [-0.4, -0.2) is 37.6 Å². The van der Waals surface area contributed by atoms with E-state index in [1.165, 1.54) is 5.69 Å². The predicted molar refractivity (Wildman–Crippen MR) is 65.8 cm³/mol. The van der Waals surface area contributed by atoms with Crippen LogP contribution in [0.4, 0.5) is 5.69 Å². The van der Waals surface area contributed by atoms with Crippen LogP contribution in [0.1, 0.15) is 6.92 Å². The van der Waals surface area contributed by atoms with Crippen LogP contribution in [0.15, 0.2) is 24.3 Å². The van der Waals surface area contributed by atoms with Crippen LogP contribution in [0.3, 0.4) is 0 Å². The van der Waals surface area contributed by atoms with Gasteiger partial charge >= 0.3 is 0 Å². The molecule has 0 bridgehead atoms. The second-order valence-electron chi connectivity index (χ2n) is 4.25. The Balaban J connectivity index is 2.08. The number of hydrogen-bond acceptors (Lipinski definition) is 2. The molecule has 2 rings (SSSR count). The monoisotopic (exact) mass is 224 g/mol. The van der Waals surface area contributed by atoms with Crippen molar-refractivity contribution < 1.29 is 0 Å². The van der Waals surface area contributed by atoms with Crippen molar-refractivity contribution >= 4 is 17.3 Å². The summed E-state index contributed by atoms with van der Waals surface area (Å²) in [5, 5.41) is 0.806. The Morgan fingerprint density at radius 1 is 1.20 bits per heavy atom. The number of likely N-dealkylation sites (N-methyl/N-ethyl adjacent to an activating group) is 1. The summed E-state index contributed by atoms with van der Waals surface area (Å²) in [6.45, 7) is 5.59. The molecule has 1 aromatic rings. The van der Waals surface area contributed by atoms with Crippen molar-refractivity contribution in [3.63, 3.8) is 0 Å². The number of halogens is 1. The quantitative estimate of drug-likeness (QED) is 0.723. The molecule has 82 valence electrons. The first-order valence-corrected chi connectivity index (χ1v) is 5.75. The zero-order valence-electron chi connectivity index (χ0n) is 9.28. The Hall–Kier alpha value is -0.730. The zero-order chi connectivity index (χ0) is 10.8. The summed E-state index contributed by atoms with van der Waals surface area (Å²) >= 11 is 5.88. The summed E-state index contributed by atoms with van der Waals surface area (Å²) < 4.78 is 0. The van der Waals surface area contributed by atoms with Gasteiger partial charge in [0.05, 0.1) is 0 Å². The Kier molecular flexibility index (Phi) is 3.17. The van der Waals surface area contributed by atoms with E-state index in [4.69, 9.17) is 11.6 Å². The average molecular weight is 225 g/mol. The molecule has 0 spiro atoms. The maximum Gasteiger partial charge on any atom is 0.0407 e. The molecule has 1 heterocycles. The van der Waals surface area contributed by atoms with Crippen molar-refractivity contribution in [2.24, 2.45) is 0 Å². The molecule has 0 amide bonds. The molecular weight excluding hydrogens is 208 g/mol. The van der Waals surface area contributed by atoms with E-state index in [1.807, 2.05) is 12.1 Å². The predicted octanol–water partition coefficient (Wildman–Crippen LogP) is 2.48. The zero-order valence-corrected chi connectivity index (χ0v) is 10.0. The molecule has 1 fully saturated rings. The molecule has 1 aromatic carbocycles. The molecule has 1 atom stereocenters. The maximum absolute atomic E-state index is 5.88. The molecule has 1 saturated heterocycles. The fourth-order valence-electron chi connectivity index (χ4n) is 1.93.